The normalized spacial score (nSPS) is 12.8. The summed E-state index contributed by atoms with van der Waals surface area (Å²) in [5.74, 6) is 0. The van der Waals surface area contributed by atoms with Crippen LogP contribution in [-0.2, 0) is 0 Å². The van der Waals surface area contributed by atoms with E-state index in [4.69, 9.17) is 5.73 Å². The highest BCUT2D eigenvalue weighted by atomic mass is 15.0. The summed E-state index contributed by atoms with van der Waals surface area (Å²) >= 11 is 0. The second-order valence-corrected chi connectivity index (χ2v) is 2.75. The van der Waals surface area contributed by atoms with Crippen molar-refractivity contribution in [3.05, 3.63) is 35.9 Å². The molecule has 0 fully saturated rings. The standard InChI is InChI=1S/C10H15N2/c1-2-8-12-10(11)9-6-4-3-5-7-9/h3-6,10,12H,2,8,11H2,1H3. The van der Waals surface area contributed by atoms with Crippen LogP contribution in [0.1, 0.15) is 25.1 Å². The average Bonchev–Trinajstić information content (AvgIpc) is 2.15. The zero-order chi connectivity index (χ0) is 8.81. The predicted octanol–water partition coefficient (Wildman–Crippen LogP) is 1.44. The quantitative estimate of drug-likeness (QED) is 0.659. The van der Waals surface area contributed by atoms with E-state index < -0.39 is 0 Å². The molecule has 1 unspecified atom stereocenters. The van der Waals surface area contributed by atoms with E-state index in [-0.39, 0.29) is 6.17 Å². The summed E-state index contributed by atoms with van der Waals surface area (Å²) < 4.78 is 0. The van der Waals surface area contributed by atoms with Crippen LogP contribution in [0.3, 0.4) is 0 Å². The van der Waals surface area contributed by atoms with Gasteiger partial charge in [0.25, 0.3) is 0 Å². The second kappa shape index (κ2) is 4.91. The first kappa shape index (κ1) is 9.23. The van der Waals surface area contributed by atoms with Gasteiger partial charge in [-0.05, 0) is 24.6 Å². The van der Waals surface area contributed by atoms with Gasteiger partial charge in [-0.15, -0.1) is 0 Å². The summed E-state index contributed by atoms with van der Waals surface area (Å²) in [7, 11) is 0. The molecule has 0 amide bonds. The molecule has 0 aromatic heterocycles. The molecule has 0 saturated carbocycles. The lowest BCUT2D eigenvalue weighted by Gasteiger charge is -2.12. The van der Waals surface area contributed by atoms with Crippen molar-refractivity contribution in [2.75, 3.05) is 6.54 Å². The maximum absolute atomic E-state index is 5.84. The Morgan fingerprint density at radius 3 is 3.00 bits per heavy atom. The summed E-state index contributed by atoms with van der Waals surface area (Å²) in [5.41, 5.74) is 6.86. The number of nitrogens with one attached hydrogen (secondary N) is 1. The van der Waals surface area contributed by atoms with Crippen molar-refractivity contribution in [2.45, 2.75) is 19.5 Å². The molecule has 0 bridgehead atoms. The van der Waals surface area contributed by atoms with Gasteiger partial charge < -0.3 is 5.73 Å². The lowest BCUT2D eigenvalue weighted by Crippen LogP contribution is -2.29. The van der Waals surface area contributed by atoms with E-state index in [0.717, 1.165) is 18.5 Å². The van der Waals surface area contributed by atoms with E-state index in [1.54, 1.807) is 0 Å². The van der Waals surface area contributed by atoms with Crippen molar-refractivity contribution in [3.8, 4) is 0 Å². The first-order valence-corrected chi connectivity index (χ1v) is 4.30. The van der Waals surface area contributed by atoms with Gasteiger partial charge in [0.1, 0.15) is 0 Å². The summed E-state index contributed by atoms with van der Waals surface area (Å²) in [5, 5.41) is 3.20. The Bertz CT molecular complexity index is 208. The largest absolute Gasteiger partial charge is 0.312 e. The van der Waals surface area contributed by atoms with Gasteiger partial charge in [0.2, 0.25) is 0 Å². The Labute approximate surface area is 73.8 Å². The highest BCUT2D eigenvalue weighted by Crippen LogP contribution is 2.04. The molecule has 1 atom stereocenters. The van der Waals surface area contributed by atoms with Gasteiger partial charge in [0, 0.05) is 0 Å². The van der Waals surface area contributed by atoms with Crippen molar-refractivity contribution >= 4 is 0 Å². The van der Waals surface area contributed by atoms with Crippen molar-refractivity contribution < 1.29 is 0 Å². The zero-order valence-electron chi connectivity index (χ0n) is 7.38. The Hall–Kier alpha value is -0.860. The molecular weight excluding hydrogens is 148 g/mol. The zero-order valence-corrected chi connectivity index (χ0v) is 7.38. The third-order valence-corrected chi connectivity index (χ3v) is 1.68. The van der Waals surface area contributed by atoms with E-state index in [2.05, 4.69) is 18.3 Å². The minimum absolute atomic E-state index is 0.0776. The lowest BCUT2D eigenvalue weighted by atomic mass is 10.2. The fourth-order valence-electron chi connectivity index (χ4n) is 1.01. The Morgan fingerprint density at radius 2 is 2.42 bits per heavy atom. The third-order valence-electron chi connectivity index (χ3n) is 1.68. The van der Waals surface area contributed by atoms with Crippen LogP contribution in [-0.4, -0.2) is 6.54 Å². The van der Waals surface area contributed by atoms with Gasteiger partial charge in [-0.1, -0.05) is 31.2 Å². The summed E-state index contributed by atoms with van der Waals surface area (Å²) in [4.78, 5) is 0. The lowest BCUT2D eigenvalue weighted by molar-refractivity contribution is 0.549. The van der Waals surface area contributed by atoms with E-state index in [9.17, 15) is 0 Å². The van der Waals surface area contributed by atoms with Crippen LogP contribution < -0.4 is 11.1 Å². The molecule has 0 aliphatic rings. The van der Waals surface area contributed by atoms with E-state index >= 15 is 0 Å². The van der Waals surface area contributed by atoms with Crippen molar-refractivity contribution in [1.29, 1.82) is 0 Å². The molecule has 0 aliphatic carbocycles. The number of nitrogens with two attached hydrogens (primary N) is 1. The number of rotatable bonds is 4. The first-order valence-electron chi connectivity index (χ1n) is 4.30. The minimum Gasteiger partial charge on any atom is -0.312 e. The summed E-state index contributed by atoms with van der Waals surface area (Å²) in [6, 6.07) is 10.9. The van der Waals surface area contributed by atoms with Crippen LogP contribution in [0.25, 0.3) is 0 Å². The molecule has 0 spiro atoms. The van der Waals surface area contributed by atoms with Crippen molar-refractivity contribution in [3.63, 3.8) is 0 Å². The molecule has 0 heterocycles. The van der Waals surface area contributed by atoms with E-state index in [1.165, 1.54) is 0 Å². The van der Waals surface area contributed by atoms with Crippen LogP contribution in [0, 0.1) is 6.07 Å². The predicted molar refractivity (Wildman–Crippen MR) is 50.5 cm³/mol. The van der Waals surface area contributed by atoms with Gasteiger partial charge in [-0.3, -0.25) is 5.32 Å². The molecule has 2 nitrogen and oxygen atoms in total. The highest BCUT2D eigenvalue weighted by molar-refractivity contribution is 5.16. The fraction of sp³-hybridized carbons (Fsp3) is 0.400. The van der Waals surface area contributed by atoms with Crippen LogP contribution in [0.2, 0.25) is 0 Å². The molecule has 1 aromatic carbocycles. The molecule has 1 aromatic rings. The molecule has 65 valence electrons. The molecular formula is C10H15N2. The SMILES string of the molecule is CCCNC(N)c1[c]cccc1. The number of benzene rings is 1. The molecule has 12 heavy (non-hydrogen) atoms. The first-order chi connectivity index (χ1) is 5.84. The van der Waals surface area contributed by atoms with Crippen LogP contribution in [0.5, 0.6) is 0 Å². The van der Waals surface area contributed by atoms with Crippen LogP contribution in [0.4, 0.5) is 0 Å². The Kier molecular flexibility index (Phi) is 3.77. The van der Waals surface area contributed by atoms with Gasteiger partial charge in [0.15, 0.2) is 0 Å². The Morgan fingerprint density at radius 1 is 1.58 bits per heavy atom. The molecule has 0 aliphatic heterocycles. The van der Waals surface area contributed by atoms with Crippen LogP contribution >= 0.6 is 0 Å². The van der Waals surface area contributed by atoms with Gasteiger partial charge in [-0.25, -0.2) is 0 Å². The second-order valence-electron chi connectivity index (χ2n) is 2.75. The molecule has 1 rings (SSSR count). The van der Waals surface area contributed by atoms with Crippen molar-refractivity contribution in [2.24, 2.45) is 5.73 Å². The smallest absolute Gasteiger partial charge is 0.0816 e. The van der Waals surface area contributed by atoms with E-state index in [1.807, 2.05) is 24.3 Å². The maximum atomic E-state index is 5.84. The fourth-order valence-corrected chi connectivity index (χ4v) is 1.01. The molecule has 2 heteroatoms. The number of hydrogen-bond acceptors (Lipinski definition) is 2. The number of hydrogen-bond donors (Lipinski definition) is 2. The summed E-state index contributed by atoms with van der Waals surface area (Å²) in [6.07, 6.45) is 1.02. The van der Waals surface area contributed by atoms with Gasteiger partial charge >= 0.3 is 0 Å². The van der Waals surface area contributed by atoms with Gasteiger partial charge in [0.05, 0.1) is 6.17 Å². The Balaban J connectivity index is 2.48. The molecule has 0 saturated heterocycles. The monoisotopic (exact) mass is 163 g/mol. The third kappa shape index (κ3) is 2.64. The minimum atomic E-state index is -0.0776. The van der Waals surface area contributed by atoms with E-state index in [0.29, 0.717) is 0 Å². The van der Waals surface area contributed by atoms with Gasteiger partial charge in [-0.2, -0.15) is 0 Å². The average molecular weight is 163 g/mol. The topological polar surface area (TPSA) is 38.0 Å². The molecule has 3 N–H and O–H groups in total. The highest BCUT2D eigenvalue weighted by Gasteiger charge is 2.01. The summed E-state index contributed by atoms with van der Waals surface area (Å²) in [6.45, 7) is 3.07. The van der Waals surface area contributed by atoms with Crippen molar-refractivity contribution in [1.82, 2.24) is 5.32 Å². The molecule has 1 radical (unpaired) electrons. The van der Waals surface area contributed by atoms with Crippen LogP contribution in [0.15, 0.2) is 24.3 Å². The maximum Gasteiger partial charge on any atom is 0.0816 e.